The van der Waals surface area contributed by atoms with Crippen molar-refractivity contribution >= 4 is 23.7 Å². The molecule has 0 aliphatic carbocycles. The first-order valence-electron chi connectivity index (χ1n) is 3.06. The van der Waals surface area contributed by atoms with E-state index in [1.54, 1.807) is 11.3 Å². The minimum absolute atomic E-state index is 0.510. The third kappa shape index (κ3) is 2.15. The van der Waals surface area contributed by atoms with Crippen LogP contribution in [-0.4, -0.2) is 6.29 Å². The lowest BCUT2D eigenvalue weighted by Crippen LogP contribution is -1.65. The molecule has 1 nitrogen and oxygen atoms in total. The normalized spacial score (nSPS) is 10.4. The Morgan fingerprint density at radius 2 is 2.50 bits per heavy atom. The van der Waals surface area contributed by atoms with Gasteiger partial charge < -0.3 is 4.79 Å². The van der Waals surface area contributed by atoms with E-state index < -0.39 is 0 Å². The fourth-order valence-electron chi connectivity index (χ4n) is 0.630. The summed E-state index contributed by atoms with van der Waals surface area (Å²) in [6.07, 6.45) is 5.21. The molecule has 1 aromatic heterocycles. The Bertz CT molecular complexity index is 211. The number of rotatable bonds is 3. The summed E-state index contributed by atoms with van der Waals surface area (Å²) >= 11 is 1.66. The number of aldehydes is 1. The standard InChI is InChI=1S/C8H8OS/c9-5-2-1-3-8-4-6-10-7-8/h1,3-7H,2H2. The van der Waals surface area contributed by atoms with Gasteiger partial charge in [0.2, 0.25) is 0 Å². The smallest absolute Gasteiger partial charge is 0.123 e. The Labute approximate surface area is 64.0 Å². The van der Waals surface area contributed by atoms with Crippen LogP contribution < -0.4 is 0 Å². The fraction of sp³-hybridized carbons (Fsp3) is 0.125. The summed E-state index contributed by atoms with van der Waals surface area (Å²) in [5.41, 5.74) is 1.17. The molecule has 0 saturated heterocycles. The van der Waals surface area contributed by atoms with Crippen LogP contribution in [0.1, 0.15) is 12.0 Å². The van der Waals surface area contributed by atoms with Gasteiger partial charge in [0.1, 0.15) is 6.29 Å². The second-order valence-corrected chi connectivity index (χ2v) is 2.64. The Balaban J connectivity index is 2.47. The maximum atomic E-state index is 9.88. The van der Waals surface area contributed by atoms with E-state index in [0.29, 0.717) is 6.42 Å². The van der Waals surface area contributed by atoms with Gasteiger partial charge in [-0.1, -0.05) is 12.2 Å². The van der Waals surface area contributed by atoms with Crippen molar-refractivity contribution < 1.29 is 4.79 Å². The summed E-state index contributed by atoms with van der Waals surface area (Å²) in [5.74, 6) is 0. The van der Waals surface area contributed by atoms with Crippen molar-refractivity contribution in [1.29, 1.82) is 0 Å². The van der Waals surface area contributed by atoms with E-state index in [2.05, 4.69) is 0 Å². The van der Waals surface area contributed by atoms with Crippen molar-refractivity contribution in [3.63, 3.8) is 0 Å². The fourth-order valence-corrected chi connectivity index (χ4v) is 1.26. The minimum Gasteiger partial charge on any atom is -0.303 e. The summed E-state index contributed by atoms with van der Waals surface area (Å²) in [5, 5.41) is 4.06. The molecule has 0 aliphatic heterocycles. The van der Waals surface area contributed by atoms with Gasteiger partial charge in [0, 0.05) is 6.42 Å². The van der Waals surface area contributed by atoms with Crippen molar-refractivity contribution in [1.82, 2.24) is 0 Å². The summed E-state index contributed by atoms with van der Waals surface area (Å²) in [6.45, 7) is 0. The number of hydrogen-bond donors (Lipinski definition) is 0. The van der Waals surface area contributed by atoms with E-state index in [1.165, 1.54) is 5.56 Å². The van der Waals surface area contributed by atoms with Crippen LogP contribution in [-0.2, 0) is 4.79 Å². The molecular formula is C8H8OS. The van der Waals surface area contributed by atoms with E-state index >= 15 is 0 Å². The van der Waals surface area contributed by atoms with Gasteiger partial charge in [-0.15, -0.1) is 0 Å². The first-order valence-corrected chi connectivity index (χ1v) is 4.00. The molecule has 0 spiro atoms. The third-order valence-electron chi connectivity index (χ3n) is 1.09. The van der Waals surface area contributed by atoms with Gasteiger partial charge >= 0.3 is 0 Å². The van der Waals surface area contributed by atoms with Crippen molar-refractivity contribution in [2.45, 2.75) is 6.42 Å². The highest BCUT2D eigenvalue weighted by molar-refractivity contribution is 7.08. The largest absolute Gasteiger partial charge is 0.303 e. The third-order valence-corrected chi connectivity index (χ3v) is 1.79. The molecule has 2 heteroatoms. The Hall–Kier alpha value is -0.890. The van der Waals surface area contributed by atoms with Gasteiger partial charge in [-0.25, -0.2) is 0 Å². The molecule has 1 aromatic rings. The van der Waals surface area contributed by atoms with Gasteiger partial charge in [-0.2, -0.15) is 11.3 Å². The Morgan fingerprint density at radius 1 is 1.60 bits per heavy atom. The van der Waals surface area contributed by atoms with Crippen molar-refractivity contribution in [3.8, 4) is 0 Å². The first kappa shape index (κ1) is 7.22. The van der Waals surface area contributed by atoms with Gasteiger partial charge in [0.25, 0.3) is 0 Å². The van der Waals surface area contributed by atoms with E-state index in [-0.39, 0.29) is 0 Å². The van der Waals surface area contributed by atoms with Crippen LogP contribution in [0.25, 0.3) is 6.08 Å². The molecule has 0 fully saturated rings. The average Bonchev–Trinajstić information content (AvgIpc) is 2.41. The molecule has 0 bridgehead atoms. The van der Waals surface area contributed by atoms with Gasteiger partial charge in [-0.05, 0) is 22.4 Å². The lowest BCUT2D eigenvalue weighted by Gasteiger charge is -1.78. The molecule has 10 heavy (non-hydrogen) atoms. The maximum Gasteiger partial charge on any atom is 0.123 e. The van der Waals surface area contributed by atoms with Crippen LogP contribution in [0.2, 0.25) is 0 Å². The molecule has 0 unspecified atom stereocenters. The minimum atomic E-state index is 0.510. The van der Waals surface area contributed by atoms with Gasteiger partial charge in [0.15, 0.2) is 0 Å². The first-order chi connectivity index (χ1) is 4.93. The second kappa shape index (κ2) is 4.01. The van der Waals surface area contributed by atoms with Crippen molar-refractivity contribution in [3.05, 3.63) is 28.5 Å². The van der Waals surface area contributed by atoms with E-state index in [0.717, 1.165) is 6.29 Å². The van der Waals surface area contributed by atoms with Crippen LogP contribution in [0, 0.1) is 0 Å². The highest BCUT2D eigenvalue weighted by Crippen LogP contribution is 2.07. The lowest BCUT2D eigenvalue weighted by molar-refractivity contribution is -0.107. The predicted molar refractivity (Wildman–Crippen MR) is 44.0 cm³/mol. The molecular weight excluding hydrogens is 144 g/mol. The zero-order valence-corrected chi connectivity index (χ0v) is 6.30. The second-order valence-electron chi connectivity index (χ2n) is 1.86. The average molecular weight is 152 g/mol. The summed E-state index contributed by atoms with van der Waals surface area (Å²) in [7, 11) is 0. The quantitative estimate of drug-likeness (QED) is 0.607. The Morgan fingerprint density at radius 3 is 3.10 bits per heavy atom. The predicted octanol–water partition coefficient (Wildman–Crippen LogP) is 2.35. The number of thiophene rings is 1. The molecule has 0 amide bonds. The highest BCUT2D eigenvalue weighted by Gasteiger charge is 1.82. The van der Waals surface area contributed by atoms with Crippen molar-refractivity contribution in [2.24, 2.45) is 0 Å². The molecule has 1 heterocycles. The molecule has 0 aromatic carbocycles. The zero-order chi connectivity index (χ0) is 7.23. The topological polar surface area (TPSA) is 17.1 Å². The van der Waals surface area contributed by atoms with Crippen LogP contribution in [0.15, 0.2) is 22.9 Å². The number of carbonyl (C=O) groups excluding carboxylic acids is 1. The number of allylic oxidation sites excluding steroid dienone is 1. The Kier molecular flexibility index (Phi) is 2.90. The summed E-state index contributed by atoms with van der Waals surface area (Å²) in [6, 6.07) is 2.02. The van der Waals surface area contributed by atoms with Crippen LogP contribution in [0.5, 0.6) is 0 Å². The molecule has 0 N–H and O–H groups in total. The highest BCUT2D eigenvalue weighted by atomic mass is 32.1. The molecule has 1 rings (SSSR count). The summed E-state index contributed by atoms with van der Waals surface area (Å²) < 4.78 is 0. The molecule has 0 aliphatic rings. The maximum absolute atomic E-state index is 9.88. The van der Waals surface area contributed by atoms with Gasteiger partial charge in [-0.3, -0.25) is 0 Å². The molecule has 0 saturated carbocycles. The molecule has 0 radical (unpaired) electrons. The van der Waals surface area contributed by atoms with E-state index in [9.17, 15) is 4.79 Å². The van der Waals surface area contributed by atoms with E-state index in [1.807, 2.05) is 29.0 Å². The SMILES string of the molecule is O=CCC=Cc1ccsc1. The van der Waals surface area contributed by atoms with Crippen LogP contribution >= 0.6 is 11.3 Å². The monoisotopic (exact) mass is 152 g/mol. The van der Waals surface area contributed by atoms with E-state index in [4.69, 9.17) is 0 Å². The summed E-state index contributed by atoms with van der Waals surface area (Å²) in [4.78, 5) is 9.88. The lowest BCUT2D eigenvalue weighted by atomic mass is 10.3. The van der Waals surface area contributed by atoms with Crippen molar-refractivity contribution in [2.75, 3.05) is 0 Å². The molecule has 0 atom stereocenters. The number of hydrogen-bond acceptors (Lipinski definition) is 2. The molecule has 52 valence electrons. The van der Waals surface area contributed by atoms with Crippen LogP contribution in [0.4, 0.5) is 0 Å². The van der Waals surface area contributed by atoms with Gasteiger partial charge in [0.05, 0.1) is 0 Å². The zero-order valence-electron chi connectivity index (χ0n) is 5.49. The van der Waals surface area contributed by atoms with Crippen LogP contribution in [0.3, 0.4) is 0 Å². The number of carbonyl (C=O) groups is 1.